The van der Waals surface area contributed by atoms with E-state index in [1.165, 1.54) is 12.1 Å². The zero-order valence-corrected chi connectivity index (χ0v) is 15.9. The summed E-state index contributed by atoms with van der Waals surface area (Å²) in [6.45, 7) is 0. The van der Waals surface area contributed by atoms with Gasteiger partial charge in [0.15, 0.2) is 0 Å². The largest absolute Gasteiger partial charge is 0.496 e. The molecule has 1 aliphatic carbocycles. The number of fused-ring (bicyclic) bond motifs is 3. The van der Waals surface area contributed by atoms with Gasteiger partial charge in [-0.15, -0.1) is 0 Å². The summed E-state index contributed by atoms with van der Waals surface area (Å²) >= 11 is 0. The van der Waals surface area contributed by atoms with Crippen molar-refractivity contribution in [1.29, 1.82) is 0 Å². The van der Waals surface area contributed by atoms with Crippen LogP contribution in [0.3, 0.4) is 0 Å². The lowest BCUT2D eigenvalue weighted by Gasteiger charge is -2.30. The molecule has 0 radical (unpaired) electrons. The van der Waals surface area contributed by atoms with Crippen molar-refractivity contribution in [2.24, 2.45) is 5.92 Å². The van der Waals surface area contributed by atoms with Crippen LogP contribution in [0.5, 0.6) is 11.5 Å². The van der Waals surface area contributed by atoms with Crippen LogP contribution in [0.25, 0.3) is 11.1 Å². The van der Waals surface area contributed by atoms with E-state index in [1.807, 2.05) is 42.5 Å². The minimum absolute atomic E-state index is 0.0435. The van der Waals surface area contributed by atoms with Crippen LogP contribution in [-0.2, 0) is 4.79 Å². The van der Waals surface area contributed by atoms with E-state index in [1.54, 1.807) is 13.2 Å². The van der Waals surface area contributed by atoms with Gasteiger partial charge in [-0.1, -0.05) is 24.3 Å². The number of amides is 1. The minimum atomic E-state index is -0.488. The Kier molecular flexibility index (Phi) is 4.23. The first-order valence-electron chi connectivity index (χ1n) is 9.68. The fraction of sp³-hybridized carbons (Fsp3) is 0.208. The lowest BCUT2D eigenvalue weighted by Crippen LogP contribution is -2.18. The van der Waals surface area contributed by atoms with E-state index in [2.05, 4.69) is 5.32 Å². The van der Waals surface area contributed by atoms with Crippen LogP contribution < -0.4 is 14.8 Å². The number of carbonyl (C=O) groups excluding carboxylic acids is 1. The molecule has 2 aliphatic rings. The molecule has 1 fully saturated rings. The summed E-state index contributed by atoms with van der Waals surface area (Å²) < 4.78 is 25.8. The maximum Gasteiger partial charge on any atom is 0.227 e. The molecule has 146 valence electrons. The van der Waals surface area contributed by atoms with E-state index >= 15 is 0 Å². The molecule has 0 saturated heterocycles. The maximum absolute atomic E-state index is 13.9. The molecule has 1 N–H and O–H groups in total. The number of halogens is 1. The van der Waals surface area contributed by atoms with Crippen molar-refractivity contribution in [2.45, 2.75) is 18.9 Å². The molecule has 0 spiro atoms. The second-order valence-corrected chi connectivity index (χ2v) is 7.45. The number of anilines is 1. The molecular weight excluding hydrogens is 369 g/mol. The molecule has 1 amide bonds. The Hall–Kier alpha value is -3.34. The average Bonchev–Trinajstić information content (AvgIpc) is 3.58. The fourth-order valence-electron chi connectivity index (χ4n) is 3.83. The van der Waals surface area contributed by atoms with Crippen LogP contribution in [0.1, 0.15) is 30.1 Å². The number of methoxy groups -OCH3 is 1. The topological polar surface area (TPSA) is 47.6 Å². The number of benzene rings is 3. The van der Waals surface area contributed by atoms with Gasteiger partial charge in [0.05, 0.1) is 12.7 Å². The second-order valence-electron chi connectivity index (χ2n) is 7.45. The molecule has 5 heteroatoms. The molecular formula is C24H20FNO3. The van der Waals surface area contributed by atoms with Gasteiger partial charge in [0.2, 0.25) is 5.91 Å². The van der Waals surface area contributed by atoms with Gasteiger partial charge in [-0.25, -0.2) is 4.39 Å². The predicted octanol–water partition coefficient (Wildman–Crippen LogP) is 5.33. The lowest BCUT2D eigenvalue weighted by molar-refractivity contribution is -0.117. The zero-order valence-electron chi connectivity index (χ0n) is 15.9. The third-order valence-corrected chi connectivity index (χ3v) is 5.42. The fourth-order valence-corrected chi connectivity index (χ4v) is 3.83. The lowest BCUT2D eigenvalue weighted by atomic mass is 9.88. The van der Waals surface area contributed by atoms with E-state index in [-0.39, 0.29) is 17.6 Å². The summed E-state index contributed by atoms with van der Waals surface area (Å²) in [7, 11) is 1.62. The monoisotopic (exact) mass is 389 g/mol. The van der Waals surface area contributed by atoms with Crippen LogP contribution >= 0.6 is 0 Å². The van der Waals surface area contributed by atoms with Crippen molar-refractivity contribution < 1.29 is 18.7 Å². The first-order chi connectivity index (χ1) is 14.1. The second kappa shape index (κ2) is 6.92. The highest BCUT2D eigenvalue weighted by atomic mass is 19.1. The molecule has 0 aromatic heterocycles. The molecule has 5 rings (SSSR count). The number of carbonyl (C=O) groups is 1. The molecule has 1 atom stereocenters. The van der Waals surface area contributed by atoms with Gasteiger partial charge in [0, 0.05) is 17.2 Å². The van der Waals surface area contributed by atoms with Crippen LogP contribution in [0.15, 0.2) is 60.7 Å². The molecule has 1 heterocycles. The number of nitrogens with one attached hydrogen (secondary N) is 1. The number of hydrogen-bond acceptors (Lipinski definition) is 3. The molecule has 3 aromatic rings. The molecule has 1 aliphatic heterocycles. The van der Waals surface area contributed by atoms with E-state index in [4.69, 9.17) is 9.47 Å². The number of ether oxygens (including phenoxy) is 2. The minimum Gasteiger partial charge on any atom is -0.496 e. The molecule has 1 unspecified atom stereocenters. The van der Waals surface area contributed by atoms with Crippen molar-refractivity contribution >= 4 is 11.6 Å². The summed E-state index contributed by atoms with van der Waals surface area (Å²) in [5, 5.41) is 2.99. The van der Waals surface area contributed by atoms with Gasteiger partial charge in [0.25, 0.3) is 0 Å². The summed E-state index contributed by atoms with van der Waals surface area (Å²) in [5.41, 5.74) is 4.09. The highest BCUT2D eigenvalue weighted by molar-refractivity contribution is 5.95. The first-order valence-corrected chi connectivity index (χ1v) is 9.68. The summed E-state index contributed by atoms with van der Waals surface area (Å²) in [5.74, 6) is 1.23. The van der Waals surface area contributed by atoms with Crippen molar-refractivity contribution in [3.8, 4) is 22.6 Å². The van der Waals surface area contributed by atoms with Crippen LogP contribution in [0.4, 0.5) is 10.1 Å². The Morgan fingerprint density at radius 3 is 2.69 bits per heavy atom. The number of hydrogen-bond donors (Lipinski definition) is 1. The molecule has 1 saturated carbocycles. The predicted molar refractivity (Wildman–Crippen MR) is 109 cm³/mol. The average molecular weight is 389 g/mol. The Morgan fingerprint density at radius 1 is 1.10 bits per heavy atom. The van der Waals surface area contributed by atoms with Crippen molar-refractivity contribution in [3.63, 3.8) is 0 Å². The van der Waals surface area contributed by atoms with Gasteiger partial charge < -0.3 is 14.8 Å². The first kappa shape index (κ1) is 17.7. The highest BCUT2D eigenvalue weighted by Gasteiger charge is 2.32. The Morgan fingerprint density at radius 2 is 1.93 bits per heavy atom. The Labute approximate surface area is 168 Å². The van der Waals surface area contributed by atoms with Crippen LogP contribution in [0, 0.1) is 11.7 Å². The van der Waals surface area contributed by atoms with E-state index < -0.39 is 6.10 Å². The van der Waals surface area contributed by atoms with Gasteiger partial charge in [-0.05, 0) is 60.4 Å². The van der Waals surface area contributed by atoms with E-state index in [0.717, 1.165) is 29.5 Å². The third kappa shape index (κ3) is 3.23. The van der Waals surface area contributed by atoms with Gasteiger partial charge in [-0.2, -0.15) is 0 Å². The molecule has 4 nitrogen and oxygen atoms in total. The van der Waals surface area contributed by atoms with E-state index in [9.17, 15) is 9.18 Å². The van der Waals surface area contributed by atoms with Gasteiger partial charge in [0.1, 0.15) is 23.4 Å². The molecule has 29 heavy (non-hydrogen) atoms. The molecule has 0 bridgehead atoms. The summed E-state index contributed by atoms with van der Waals surface area (Å²) in [6.07, 6.45) is 1.39. The van der Waals surface area contributed by atoms with Gasteiger partial charge >= 0.3 is 0 Å². The van der Waals surface area contributed by atoms with Gasteiger partial charge in [-0.3, -0.25) is 4.79 Å². The standard InChI is InChI=1S/C24H20FNO3/c1-28-20-6-3-7-21-22(20)18-11-10-17(26-24(27)14-8-9-14)13-19(18)23(29-21)15-4-2-5-16(25)12-15/h2-7,10-14,23H,8-9H2,1H3,(H,26,27). The zero-order chi connectivity index (χ0) is 20.0. The van der Waals surface area contributed by atoms with Crippen LogP contribution in [-0.4, -0.2) is 13.0 Å². The molecule has 3 aromatic carbocycles. The smallest absolute Gasteiger partial charge is 0.227 e. The third-order valence-electron chi connectivity index (χ3n) is 5.42. The summed E-state index contributed by atoms with van der Waals surface area (Å²) in [6, 6.07) is 17.8. The number of rotatable bonds is 4. The maximum atomic E-state index is 13.9. The van der Waals surface area contributed by atoms with Crippen LogP contribution in [0.2, 0.25) is 0 Å². The SMILES string of the molecule is COc1cccc2c1-c1ccc(NC(=O)C3CC3)cc1C(c1cccc(F)c1)O2. The quantitative estimate of drug-likeness (QED) is 0.656. The van der Waals surface area contributed by atoms with Crippen molar-refractivity contribution in [1.82, 2.24) is 0 Å². The van der Waals surface area contributed by atoms with E-state index in [0.29, 0.717) is 22.7 Å². The summed E-state index contributed by atoms with van der Waals surface area (Å²) in [4.78, 5) is 12.2. The normalized spacial score (nSPS) is 17.0. The Balaban J connectivity index is 1.64. The Bertz CT molecular complexity index is 1110. The highest BCUT2D eigenvalue weighted by Crippen LogP contribution is 2.49. The van der Waals surface area contributed by atoms with Crippen molar-refractivity contribution in [2.75, 3.05) is 12.4 Å². The van der Waals surface area contributed by atoms with Crippen molar-refractivity contribution in [3.05, 3.63) is 77.6 Å².